The fourth-order valence-corrected chi connectivity index (χ4v) is 5.26. The van der Waals surface area contributed by atoms with Crippen molar-refractivity contribution in [1.82, 2.24) is 10.2 Å². The number of nitrogens with one attached hydrogen (secondary N) is 1. The standard InChI is InChI=1S/C27H32Cl2N2O4/c1-2-23(27(33)30-21-6-4-3-5-7-21)31(16-19-10-11-20(28)15-22(19)29)26(32)13-9-18-8-12-24-25(14-18)35-17-34-24/h8,10-12,14-15,21,23H,2-7,9,13,16-17H2,1H3,(H,30,33)/t23-/m1/s1. The van der Waals surface area contributed by atoms with Crippen molar-refractivity contribution in [3.8, 4) is 11.5 Å². The number of fused-ring (bicyclic) bond motifs is 1. The van der Waals surface area contributed by atoms with E-state index in [1.165, 1.54) is 6.42 Å². The van der Waals surface area contributed by atoms with E-state index >= 15 is 0 Å². The summed E-state index contributed by atoms with van der Waals surface area (Å²) in [5.41, 5.74) is 1.74. The molecule has 2 aromatic rings. The van der Waals surface area contributed by atoms with Crippen molar-refractivity contribution in [2.24, 2.45) is 0 Å². The molecule has 0 unspecified atom stereocenters. The largest absolute Gasteiger partial charge is 0.454 e. The van der Waals surface area contributed by atoms with Crippen LogP contribution in [-0.2, 0) is 22.6 Å². The van der Waals surface area contributed by atoms with Crippen molar-refractivity contribution >= 4 is 35.0 Å². The molecule has 2 amide bonds. The highest BCUT2D eigenvalue weighted by Crippen LogP contribution is 2.33. The predicted molar refractivity (Wildman–Crippen MR) is 137 cm³/mol. The van der Waals surface area contributed by atoms with Crippen LogP contribution in [0, 0.1) is 0 Å². The van der Waals surface area contributed by atoms with E-state index < -0.39 is 6.04 Å². The number of halogens is 2. The second-order valence-electron chi connectivity index (χ2n) is 9.21. The molecular formula is C27H32Cl2N2O4. The lowest BCUT2D eigenvalue weighted by Crippen LogP contribution is -2.51. The third kappa shape index (κ3) is 6.62. The van der Waals surface area contributed by atoms with Crippen LogP contribution in [0.2, 0.25) is 10.0 Å². The summed E-state index contributed by atoms with van der Waals surface area (Å²) in [6.07, 6.45) is 6.74. The number of benzene rings is 2. The summed E-state index contributed by atoms with van der Waals surface area (Å²) in [5.74, 6) is 1.21. The zero-order valence-electron chi connectivity index (χ0n) is 20.0. The lowest BCUT2D eigenvalue weighted by Gasteiger charge is -2.33. The summed E-state index contributed by atoms with van der Waals surface area (Å²) in [6.45, 7) is 2.39. The summed E-state index contributed by atoms with van der Waals surface area (Å²) in [4.78, 5) is 28.5. The molecule has 35 heavy (non-hydrogen) atoms. The van der Waals surface area contributed by atoms with Crippen LogP contribution in [0.25, 0.3) is 0 Å². The zero-order valence-corrected chi connectivity index (χ0v) is 21.5. The van der Waals surface area contributed by atoms with E-state index in [0.717, 1.165) is 36.8 Å². The maximum atomic E-state index is 13.6. The van der Waals surface area contributed by atoms with Crippen molar-refractivity contribution in [1.29, 1.82) is 0 Å². The molecule has 6 nitrogen and oxygen atoms in total. The minimum atomic E-state index is -0.576. The van der Waals surface area contributed by atoms with Gasteiger partial charge in [-0.2, -0.15) is 0 Å². The van der Waals surface area contributed by atoms with Gasteiger partial charge in [-0.05, 0) is 61.1 Å². The third-order valence-electron chi connectivity index (χ3n) is 6.76. The van der Waals surface area contributed by atoms with Gasteiger partial charge in [0.05, 0.1) is 0 Å². The van der Waals surface area contributed by atoms with E-state index in [1.807, 2.05) is 31.2 Å². The van der Waals surface area contributed by atoms with Gasteiger partial charge in [-0.15, -0.1) is 0 Å². The normalized spacial score (nSPS) is 16.1. The zero-order chi connectivity index (χ0) is 24.8. The second-order valence-corrected chi connectivity index (χ2v) is 10.1. The topological polar surface area (TPSA) is 67.9 Å². The maximum absolute atomic E-state index is 13.6. The Bertz CT molecular complexity index is 1060. The summed E-state index contributed by atoms with van der Waals surface area (Å²) in [6, 6.07) is 10.5. The van der Waals surface area contributed by atoms with Crippen molar-refractivity contribution in [2.75, 3.05) is 6.79 Å². The number of rotatable bonds is 9. The van der Waals surface area contributed by atoms with Crippen molar-refractivity contribution in [3.63, 3.8) is 0 Å². The monoisotopic (exact) mass is 518 g/mol. The molecule has 8 heteroatoms. The first-order chi connectivity index (χ1) is 16.9. The summed E-state index contributed by atoms with van der Waals surface area (Å²) in [5, 5.41) is 4.21. The first-order valence-electron chi connectivity index (χ1n) is 12.4. The number of ether oxygens (including phenoxy) is 2. The summed E-state index contributed by atoms with van der Waals surface area (Å²) in [7, 11) is 0. The van der Waals surface area contributed by atoms with Crippen LogP contribution in [0.5, 0.6) is 11.5 Å². The molecule has 0 spiro atoms. The molecule has 188 valence electrons. The molecule has 1 aliphatic heterocycles. The first kappa shape index (κ1) is 25.6. The number of hydrogen-bond donors (Lipinski definition) is 1. The molecule has 1 atom stereocenters. The van der Waals surface area contributed by atoms with Crippen LogP contribution in [0.3, 0.4) is 0 Å². The van der Waals surface area contributed by atoms with E-state index in [4.69, 9.17) is 32.7 Å². The van der Waals surface area contributed by atoms with Crippen LogP contribution >= 0.6 is 23.2 Å². The molecule has 1 aliphatic carbocycles. The van der Waals surface area contributed by atoms with Gasteiger partial charge in [0.15, 0.2) is 11.5 Å². The molecule has 1 fully saturated rings. The van der Waals surface area contributed by atoms with E-state index in [0.29, 0.717) is 34.4 Å². The SMILES string of the molecule is CC[C@H](C(=O)NC1CCCCC1)N(Cc1ccc(Cl)cc1Cl)C(=O)CCc1ccc2c(c1)OCO2. The van der Waals surface area contributed by atoms with Crippen LogP contribution in [0.15, 0.2) is 36.4 Å². The smallest absolute Gasteiger partial charge is 0.243 e. The van der Waals surface area contributed by atoms with Crippen molar-refractivity contribution in [3.05, 3.63) is 57.6 Å². The Morgan fingerprint density at radius 2 is 1.83 bits per heavy atom. The fourth-order valence-electron chi connectivity index (χ4n) is 4.79. The highest BCUT2D eigenvalue weighted by molar-refractivity contribution is 6.35. The van der Waals surface area contributed by atoms with E-state index in [1.54, 1.807) is 17.0 Å². The Morgan fingerprint density at radius 3 is 2.57 bits per heavy atom. The Hall–Kier alpha value is -2.44. The van der Waals surface area contributed by atoms with Crippen LogP contribution in [0.4, 0.5) is 0 Å². The van der Waals surface area contributed by atoms with Gasteiger partial charge in [-0.25, -0.2) is 0 Å². The molecule has 0 bridgehead atoms. The fraction of sp³-hybridized carbons (Fsp3) is 0.481. The predicted octanol–water partition coefficient (Wildman–Crippen LogP) is 5.91. The molecule has 0 saturated heterocycles. The van der Waals surface area contributed by atoms with Crippen LogP contribution in [-0.4, -0.2) is 35.6 Å². The number of carbonyl (C=O) groups is 2. The molecule has 1 heterocycles. The molecular weight excluding hydrogens is 487 g/mol. The van der Waals surface area contributed by atoms with Crippen molar-refractivity contribution in [2.45, 2.75) is 76.9 Å². The molecule has 1 saturated carbocycles. The van der Waals surface area contributed by atoms with Gasteiger partial charge in [-0.3, -0.25) is 9.59 Å². The molecule has 0 aromatic heterocycles. The third-order valence-corrected chi connectivity index (χ3v) is 7.34. The van der Waals surface area contributed by atoms with Crippen molar-refractivity contribution < 1.29 is 19.1 Å². The van der Waals surface area contributed by atoms with Gasteiger partial charge < -0.3 is 19.7 Å². The lowest BCUT2D eigenvalue weighted by atomic mass is 9.95. The van der Waals surface area contributed by atoms with Gasteiger partial charge in [0.25, 0.3) is 0 Å². The van der Waals surface area contributed by atoms with E-state index in [2.05, 4.69) is 5.32 Å². The Kier molecular flexibility index (Phi) is 8.79. The number of hydrogen-bond acceptors (Lipinski definition) is 4. The van der Waals surface area contributed by atoms with Crippen LogP contribution < -0.4 is 14.8 Å². The minimum Gasteiger partial charge on any atom is -0.454 e. The summed E-state index contributed by atoms with van der Waals surface area (Å²) >= 11 is 12.5. The second kappa shape index (κ2) is 12.0. The molecule has 4 rings (SSSR count). The maximum Gasteiger partial charge on any atom is 0.243 e. The number of nitrogens with zero attached hydrogens (tertiary/aromatic N) is 1. The molecule has 2 aliphatic rings. The lowest BCUT2D eigenvalue weighted by molar-refractivity contribution is -0.141. The molecule has 0 radical (unpaired) electrons. The number of amides is 2. The highest BCUT2D eigenvalue weighted by Gasteiger charge is 2.30. The van der Waals surface area contributed by atoms with Gasteiger partial charge in [-0.1, -0.05) is 61.5 Å². The minimum absolute atomic E-state index is 0.0964. The Morgan fingerprint density at radius 1 is 1.06 bits per heavy atom. The summed E-state index contributed by atoms with van der Waals surface area (Å²) < 4.78 is 10.8. The quantitative estimate of drug-likeness (QED) is 0.447. The average molecular weight is 519 g/mol. The van der Waals surface area contributed by atoms with Gasteiger partial charge in [0.1, 0.15) is 6.04 Å². The highest BCUT2D eigenvalue weighted by atomic mass is 35.5. The van der Waals surface area contributed by atoms with Gasteiger partial charge in [0, 0.05) is 29.1 Å². The number of aryl methyl sites for hydroxylation is 1. The average Bonchev–Trinajstić information content (AvgIpc) is 3.32. The van der Waals surface area contributed by atoms with Gasteiger partial charge in [0.2, 0.25) is 18.6 Å². The first-order valence-corrected chi connectivity index (χ1v) is 13.1. The van der Waals surface area contributed by atoms with Gasteiger partial charge >= 0.3 is 0 Å². The Balaban J connectivity index is 1.50. The van der Waals surface area contributed by atoms with E-state index in [-0.39, 0.29) is 37.6 Å². The van der Waals surface area contributed by atoms with Crippen LogP contribution in [0.1, 0.15) is 63.0 Å². The molecule has 1 N–H and O–H groups in total. The van der Waals surface area contributed by atoms with E-state index in [9.17, 15) is 9.59 Å². The Labute approximate surface area is 216 Å². The number of carbonyl (C=O) groups excluding carboxylic acids is 2. The molecule has 2 aromatic carbocycles.